The molecular formula is C13H19ClN2O. The molecule has 0 saturated carbocycles. The molecule has 0 saturated heterocycles. The van der Waals surface area contributed by atoms with Gasteiger partial charge in [-0.15, -0.1) is 0 Å². The number of halogens is 1. The van der Waals surface area contributed by atoms with E-state index in [0.717, 1.165) is 5.56 Å². The van der Waals surface area contributed by atoms with Crippen molar-refractivity contribution in [3.8, 4) is 0 Å². The minimum absolute atomic E-state index is 0.0393. The Morgan fingerprint density at radius 1 is 1.47 bits per heavy atom. The van der Waals surface area contributed by atoms with Gasteiger partial charge in [-0.3, -0.25) is 4.79 Å². The van der Waals surface area contributed by atoms with Crippen molar-refractivity contribution in [2.75, 3.05) is 7.05 Å². The van der Waals surface area contributed by atoms with Crippen LogP contribution < -0.4 is 5.73 Å². The summed E-state index contributed by atoms with van der Waals surface area (Å²) < 4.78 is 0. The summed E-state index contributed by atoms with van der Waals surface area (Å²) in [5, 5.41) is 0.683. The van der Waals surface area contributed by atoms with Crippen LogP contribution in [-0.2, 0) is 11.3 Å². The van der Waals surface area contributed by atoms with Gasteiger partial charge in [0.05, 0.1) is 0 Å². The molecule has 1 aromatic rings. The highest BCUT2D eigenvalue weighted by molar-refractivity contribution is 6.30. The molecule has 0 heterocycles. The van der Waals surface area contributed by atoms with Crippen molar-refractivity contribution in [3.05, 3.63) is 34.9 Å². The Labute approximate surface area is 108 Å². The number of hydrogen-bond acceptors (Lipinski definition) is 2. The van der Waals surface area contributed by atoms with Crippen LogP contribution in [0, 0.1) is 0 Å². The topological polar surface area (TPSA) is 46.3 Å². The van der Waals surface area contributed by atoms with Crippen molar-refractivity contribution in [1.29, 1.82) is 0 Å². The van der Waals surface area contributed by atoms with Gasteiger partial charge >= 0.3 is 0 Å². The fourth-order valence-corrected chi connectivity index (χ4v) is 1.73. The highest BCUT2D eigenvalue weighted by Gasteiger charge is 2.19. The van der Waals surface area contributed by atoms with Crippen LogP contribution in [0.5, 0.6) is 0 Å². The molecular weight excluding hydrogens is 236 g/mol. The average molecular weight is 255 g/mol. The van der Waals surface area contributed by atoms with Gasteiger partial charge in [0, 0.05) is 30.6 Å². The summed E-state index contributed by atoms with van der Waals surface area (Å²) in [7, 11) is 1.77. The van der Waals surface area contributed by atoms with Gasteiger partial charge in [-0.25, -0.2) is 0 Å². The summed E-state index contributed by atoms with van der Waals surface area (Å²) >= 11 is 5.89. The third-order valence-corrected chi connectivity index (χ3v) is 2.58. The lowest BCUT2D eigenvalue weighted by Crippen LogP contribution is -2.39. The van der Waals surface area contributed by atoms with E-state index in [-0.39, 0.29) is 5.91 Å². The number of nitrogens with two attached hydrogens (primary N) is 1. The Balaban J connectivity index is 2.60. The number of amides is 1. The van der Waals surface area contributed by atoms with E-state index >= 15 is 0 Å². The monoisotopic (exact) mass is 254 g/mol. The van der Waals surface area contributed by atoms with E-state index in [9.17, 15) is 4.79 Å². The summed E-state index contributed by atoms with van der Waals surface area (Å²) in [6.45, 7) is 4.24. The minimum Gasteiger partial charge on any atom is -0.341 e. The standard InChI is InChI=1S/C13H19ClN2O/c1-13(2,15)8-12(17)16(3)9-10-5-4-6-11(14)7-10/h4-7H,8-9,15H2,1-3H3. The lowest BCUT2D eigenvalue weighted by Gasteiger charge is -2.23. The Bertz CT molecular complexity index is 399. The van der Waals surface area contributed by atoms with E-state index in [1.54, 1.807) is 11.9 Å². The van der Waals surface area contributed by atoms with Crippen LogP contribution in [0.1, 0.15) is 25.8 Å². The van der Waals surface area contributed by atoms with Gasteiger partial charge in [-0.05, 0) is 31.5 Å². The molecule has 0 aromatic heterocycles. The summed E-state index contributed by atoms with van der Waals surface area (Å²) in [5.74, 6) is 0.0393. The lowest BCUT2D eigenvalue weighted by molar-refractivity contribution is -0.131. The van der Waals surface area contributed by atoms with Gasteiger partial charge in [0.15, 0.2) is 0 Å². The SMILES string of the molecule is CN(Cc1cccc(Cl)c1)C(=O)CC(C)(C)N. The molecule has 0 aliphatic heterocycles. The van der Waals surface area contributed by atoms with E-state index in [0.29, 0.717) is 18.0 Å². The molecule has 0 aliphatic carbocycles. The van der Waals surface area contributed by atoms with E-state index in [1.807, 2.05) is 38.1 Å². The van der Waals surface area contributed by atoms with Gasteiger partial charge in [0.2, 0.25) is 5.91 Å². The molecule has 0 fully saturated rings. The Hall–Kier alpha value is -1.06. The number of nitrogens with zero attached hydrogens (tertiary/aromatic N) is 1. The molecule has 4 heteroatoms. The van der Waals surface area contributed by atoms with Gasteiger partial charge < -0.3 is 10.6 Å². The van der Waals surface area contributed by atoms with Gasteiger partial charge in [0.25, 0.3) is 0 Å². The highest BCUT2D eigenvalue weighted by Crippen LogP contribution is 2.13. The fraction of sp³-hybridized carbons (Fsp3) is 0.462. The fourth-order valence-electron chi connectivity index (χ4n) is 1.52. The number of hydrogen-bond donors (Lipinski definition) is 1. The third-order valence-electron chi connectivity index (χ3n) is 2.34. The molecule has 0 aliphatic rings. The maximum absolute atomic E-state index is 11.9. The van der Waals surface area contributed by atoms with Crippen molar-refractivity contribution in [2.45, 2.75) is 32.4 Å². The first-order valence-electron chi connectivity index (χ1n) is 5.55. The van der Waals surface area contributed by atoms with Gasteiger partial charge in [-0.1, -0.05) is 23.7 Å². The third kappa shape index (κ3) is 5.20. The van der Waals surface area contributed by atoms with Crippen LogP contribution in [0.4, 0.5) is 0 Å². The van der Waals surface area contributed by atoms with Crippen LogP contribution in [0.3, 0.4) is 0 Å². The quantitative estimate of drug-likeness (QED) is 0.897. The van der Waals surface area contributed by atoms with Crippen molar-refractivity contribution in [3.63, 3.8) is 0 Å². The Morgan fingerprint density at radius 2 is 2.12 bits per heavy atom. The first-order chi connectivity index (χ1) is 7.78. The van der Waals surface area contributed by atoms with E-state index < -0.39 is 5.54 Å². The molecule has 94 valence electrons. The van der Waals surface area contributed by atoms with E-state index in [2.05, 4.69) is 0 Å². The highest BCUT2D eigenvalue weighted by atomic mass is 35.5. The second kappa shape index (κ2) is 5.52. The molecule has 0 unspecified atom stereocenters. The summed E-state index contributed by atoms with van der Waals surface area (Å²) in [4.78, 5) is 13.5. The second-order valence-electron chi connectivity index (χ2n) is 5.05. The molecule has 0 radical (unpaired) electrons. The molecule has 2 N–H and O–H groups in total. The molecule has 0 spiro atoms. The van der Waals surface area contributed by atoms with Crippen molar-refractivity contribution in [1.82, 2.24) is 4.90 Å². The first kappa shape index (κ1) is 14.0. The molecule has 3 nitrogen and oxygen atoms in total. The molecule has 17 heavy (non-hydrogen) atoms. The smallest absolute Gasteiger partial charge is 0.224 e. The molecule has 1 aromatic carbocycles. The number of carbonyl (C=O) groups excluding carboxylic acids is 1. The molecule has 0 atom stereocenters. The first-order valence-corrected chi connectivity index (χ1v) is 5.93. The molecule has 1 rings (SSSR count). The van der Waals surface area contributed by atoms with Crippen LogP contribution in [0.15, 0.2) is 24.3 Å². The lowest BCUT2D eigenvalue weighted by atomic mass is 10.0. The zero-order chi connectivity index (χ0) is 13.1. The second-order valence-corrected chi connectivity index (χ2v) is 5.48. The largest absolute Gasteiger partial charge is 0.341 e. The predicted molar refractivity (Wildman–Crippen MR) is 70.8 cm³/mol. The molecule has 0 bridgehead atoms. The van der Waals surface area contributed by atoms with Crippen LogP contribution in [0.25, 0.3) is 0 Å². The summed E-state index contributed by atoms with van der Waals surface area (Å²) in [6, 6.07) is 7.50. The zero-order valence-electron chi connectivity index (χ0n) is 10.5. The number of rotatable bonds is 4. The zero-order valence-corrected chi connectivity index (χ0v) is 11.3. The average Bonchev–Trinajstić information content (AvgIpc) is 2.14. The summed E-state index contributed by atoms with van der Waals surface area (Å²) in [5.41, 5.74) is 6.37. The van der Waals surface area contributed by atoms with Crippen LogP contribution >= 0.6 is 11.6 Å². The van der Waals surface area contributed by atoms with Crippen LogP contribution in [0.2, 0.25) is 5.02 Å². The Morgan fingerprint density at radius 3 is 2.65 bits per heavy atom. The number of carbonyl (C=O) groups is 1. The van der Waals surface area contributed by atoms with E-state index in [1.165, 1.54) is 0 Å². The van der Waals surface area contributed by atoms with Crippen molar-refractivity contribution < 1.29 is 4.79 Å². The number of benzene rings is 1. The van der Waals surface area contributed by atoms with E-state index in [4.69, 9.17) is 17.3 Å². The maximum Gasteiger partial charge on any atom is 0.224 e. The maximum atomic E-state index is 11.9. The summed E-state index contributed by atoms with van der Waals surface area (Å²) in [6.07, 6.45) is 0.337. The predicted octanol–water partition coefficient (Wildman–Crippen LogP) is 2.43. The van der Waals surface area contributed by atoms with Crippen LogP contribution in [-0.4, -0.2) is 23.4 Å². The minimum atomic E-state index is -0.473. The normalized spacial score (nSPS) is 11.4. The Kier molecular flexibility index (Phi) is 4.54. The molecule has 1 amide bonds. The van der Waals surface area contributed by atoms with Gasteiger partial charge in [-0.2, -0.15) is 0 Å². The van der Waals surface area contributed by atoms with Crippen molar-refractivity contribution in [2.24, 2.45) is 5.73 Å². The van der Waals surface area contributed by atoms with Crippen molar-refractivity contribution >= 4 is 17.5 Å². The van der Waals surface area contributed by atoms with Gasteiger partial charge in [0.1, 0.15) is 0 Å².